The summed E-state index contributed by atoms with van der Waals surface area (Å²) in [7, 11) is 0. The van der Waals surface area contributed by atoms with Gasteiger partial charge in [-0.2, -0.15) is 4.98 Å². The third-order valence-corrected chi connectivity index (χ3v) is 6.17. The zero-order valence-electron chi connectivity index (χ0n) is 18.8. The molecule has 7 nitrogen and oxygen atoms in total. The minimum atomic E-state index is -0.511. The molecule has 0 bridgehead atoms. The Hall–Kier alpha value is -3.78. The summed E-state index contributed by atoms with van der Waals surface area (Å²) < 4.78 is 14.8. The number of carbonyl (C=O) groups is 1. The highest BCUT2D eigenvalue weighted by molar-refractivity contribution is 5.94. The molecule has 3 N–H and O–H groups in total. The minimum Gasteiger partial charge on any atom is -0.352 e. The molecule has 1 aliphatic rings. The lowest BCUT2D eigenvalue weighted by molar-refractivity contribution is 0.0944. The lowest BCUT2D eigenvalue weighted by Crippen LogP contribution is -2.35. The average Bonchev–Trinajstić information content (AvgIpc) is 3.31. The van der Waals surface area contributed by atoms with E-state index in [0.717, 1.165) is 42.7 Å². The molecular formula is C26H27FN6O. The summed E-state index contributed by atoms with van der Waals surface area (Å²) in [6.07, 6.45) is 4.02. The van der Waals surface area contributed by atoms with E-state index in [1.807, 2.05) is 48.7 Å². The van der Waals surface area contributed by atoms with Gasteiger partial charge in [0, 0.05) is 29.6 Å². The first kappa shape index (κ1) is 22.0. The van der Waals surface area contributed by atoms with Crippen LogP contribution in [0.2, 0.25) is 0 Å². The first-order chi connectivity index (χ1) is 16.7. The molecule has 1 saturated heterocycles. The molecule has 2 aromatic carbocycles. The Labute approximate surface area is 197 Å². The van der Waals surface area contributed by atoms with E-state index in [0.29, 0.717) is 35.2 Å². The van der Waals surface area contributed by atoms with Crippen LogP contribution < -0.4 is 16.0 Å². The molecule has 8 heteroatoms. The predicted molar refractivity (Wildman–Crippen MR) is 131 cm³/mol. The number of alkyl halides is 1. The Morgan fingerprint density at radius 3 is 2.71 bits per heavy atom. The number of piperidine rings is 1. The standard InChI is InChI=1S/C26H27FN6O/c27-16-19-3-1-4-21(15-19)23-5-2-14-33-24(23)31-26(32-33)30-22-8-6-20(7-9-22)25(34)29-17-18-10-12-28-13-11-18/h1-9,14-15,18,28H,10-13,16-17H2,(H,29,34)(H,30,32). The van der Waals surface area contributed by atoms with Gasteiger partial charge in [0.25, 0.3) is 5.91 Å². The number of amides is 1. The summed E-state index contributed by atoms with van der Waals surface area (Å²) in [5.41, 5.74) is 4.47. The summed E-state index contributed by atoms with van der Waals surface area (Å²) >= 11 is 0. The van der Waals surface area contributed by atoms with E-state index in [1.165, 1.54) is 0 Å². The van der Waals surface area contributed by atoms with Crippen molar-refractivity contribution in [3.05, 3.63) is 78.0 Å². The molecular weight excluding hydrogens is 431 g/mol. The van der Waals surface area contributed by atoms with Gasteiger partial charge in [0.15, 0.2) is 5.65 Å². The summed E-state index contributed by atoms with van der Waals surface area (Å²) in [6, 6.07) is 18.5. The van der Waals surface area contributed by atoms with Crippen LogP contribution in [0.5, 0.6) is 0 Å². The lowest BCUT2D eigenvalue weighted by Gasteiger charge is -2.22. The quantitative estimate of drug-likeness (QED) is 0.384. The van der Waals surface area contributed by atoms with Crippen molar-refractivity contribution < 1.29 is 9.18 Å². The van der Waals surface area contributed by atoms with Crippen LogP contribution in [0.25, 0.3) is 16.8 Å². The molecule has 1 fully saturated rings. The molecule has 1 aliphatic heterocycles. The van der Waals surface area contributed by atoms with Gasteiger partial charge in [-0.05, 0) is 85.4 Å². The van der Waals surface area contributed by atoms with Gasteiger partial charge < -0.3 is 16.0 Å². The van der Waals surface area contributed by atoms with E-state index < -0.39 is 6.67 Å². The van der Waals surface area contributed by atoms with Crippen molar-refractivity contribution in [1.82, 2.24) is 25.2 Å². The fourth-order valence-electron chi connectivity index (χ4n) is 4.27. The van der Waals surface area contributed by atoms with Crippen molar-refractivity contribution in [1.29, 1.82) is 0 Å². The van der Waals surface area contributed by atoms with Crippen LogP contribution in [0.4, 0.5) is 16.0 Å². The number of benzene rings is 2. The van der Waals surface area contributed by atoms with Crippen LogP contribution in [-0.2, 0) is 6.67 Å². The second-order valence-corrected chi connectivity index (χ2v) is 8.57. The first-order valence-corrected chi connectivity index (χ1v) is 11.6. The second kappa shape index (κ2) is 10.0. The SMILES string of the molecule is O=C(NCC1CCNCC1)c1ccc(Nc2nc3c(-c4cccc(CF)c4)cccn3n2)cc1. The Kier molecular flexibility index (Phi) is 6.49. The monoisotopic (exact) mass is 458 g/mol. The van der Waals surface area contributed by atoms with E-state index >= 15 is 0 Å². The summed E-state index contributed by atoms with van der Waals surface area (Å²) in [5.74, 6) is 0.921. The molecule has 4 aromatic rings. The van der Waals surface area contributed by atoms with E-state index in [1.54, 1.807) is 22.7 Å². The zero-order chi connectivity index (χ0) is 23.3. The number of halogens is 1. The molecule has 0 atom stereocenters. The smallest absolute Gasteiger partial charge is 0.251 e. The van der Waals surface area contributed by atoms with E-state index in [-0.39, 0.29) is 5.91 Å². The van der Waals surface area contributed by atoms with Gasteiger partial charge in [-0.1, -0.05) is 18.2 Å². The van der Waals surface area contributed by atoms with E-state index in [4.69, 9.17) is 0 Å². The third-order valence-electron chi connectivity index (χ3n) is 6.17. The molecule has 0 spiro atoms. The van der Waals surface area contributed by atoms with Crippen LogP contribution in [0, 0.1) is 5.92 Å². The second-order valence-electron chi connectivity index (χ2n) is 8.57. The molecule has 5 rings (SSSR count). The number of anilines is 2. The van der Waals surface area contributed by atoms with E-state index in [9.17, 15) is 9.18 Å². The van der Waals surface area contributed by atoms with Crippen molar-refractivity contribution in [2.45, 2.75) is 19.5 Å². The van der Waals surface area contributed by atoms with Gasteiger partial charge in [0.05, 0.1) is 0 Å². The van der Waals surface area contributed by atoms with Crippen molar-refractivity contribution in [3.63, 3.8) is 0 Å². The van der Waals surface area contributed by atoms with Gasteiger partial charge in [-0.3, -0.25) is 4.79 Å². The van der Waals surface area contributed by atoms with Gasteiger partial charge in [-0.15, -0.1) is 5.10 Å². The van der Waals surface area contributed by atoms with E-state index in [2.05, 4.69) is 26.0 Å². The number of rotatable bonds is 7. The van der Waals surface area contributed by atoms with Gasteiger partial charge in [-0.25, -0.2) is 8.91 Å². The predicted octanol–water partition coefficient (Wildman–Crippen LogP) is 4.34. The molecule has 3 heterocycles. The molecule has 0 saturated carbocycles. The van der Waals surface area contributed by atoms with Crippen LogP contribution in [0.15, 0.2) is 66.9 Å². The molecule has 2 aromatic heterocycles. The summed E-state index contributed by atoms with van der Waals surface area (Å²) in [4.78, 5) is 17.1. The number of hydrogen-bond acceptors (Lipinski definition) is 5. The Bertz CT molecular complexity index is 1280. The molecule has 0 unspecified atom stereocenters. The van der Waals surface area contributed by atoms with Crippen LogP contribution >= 0.6 is 0 Å². The number of nitrogens with one attached hydrogen (secondary N) is 3. The molecule has 1 amide bonds. The molecule has 0 radical (unpaired) electrons. The normalized spacial score (nSPS) is 14.3. The summed E-state index contributed by atoms with van der Waals surface area (Å²) in [5, 5.41) is 14.1. The zero-order valence-corrected chi connectivity index (χ0v) is 18.8. The van der Waals surface area contributed by atoms with Crippen molar-refractivity contribution in [2.24, 2.45) is 5.92 Å². The Morgan fingerprint density at radius 1 is 1.09 bits per heavy atom. The number of aromatic nitrogens is 3. The topological polar surface area (TPSA) is 83.4 Å². The highest BCUT2D eigenvalue weighted by atomic mass is 19.1. The fourth-order valence-corrected chi connectivity index (χ4v) is 4.27. The van der Waals surface area contributed by atoms with Crippen molar-refractivity contribution in [2.75, 3.05) is 25.0 Å². The number of hydrogen-bond donors (Lipinski definition) is 3. The number of carbonyl (C=O) groups excluding carboxylic acids is 1. The summed E-state index contributed by atoms with van der Waals surface area (Å²) in [6.45, 7) is 2.23. The third kappa shape index (κ3) is 4.92. The lowest BCUT2D eigenvalue weighted by atomic mass is 9.98. The average molecular weight is 459 g/mol. The molecule has 0 aliphatic carbocycles. The van der Waals surface area contributed by atoms with Gasteiger partial charge >= 0.3 is 0 Å². The fraction of sp³-hybridized carbons (Fsp3) is 0.269. The van der Waals surface area contributed by atoms with Crippen LogP contribution in [0.3, 0.4) is 0 Å². The largest absolute Gasteiger partial charge is 0.352 e. The first-order valence-electron chi connectivity index (χ1n) is 11.6. The number of fused-ring (bicyclic) bond motifs is 1. The maximum absolute atomic E-state index is 13.1. The minimum absolute atomic E-state index is 0.0592. The maximum atomic E-state index is 13.1. The van der Waals surface area contributed by atoms with Crippen molar-refractivity contribution in [3.8, 4) is 11.1 Å². The van der Waals surface area contributed by atoms with Gasteiger partial charge in [0.2, 0.25) is 5.95 Å². The number of pyridine rings is 1. The van der Waals surface area contributed by atoms with Gasteiger partial charge in [0.1, 0.15) is 6.67 Å². The van der Waals surface area contributed by atoms with Crippen LogP contribution in [-0.4, -0.2) is 40.1 Å². The highest BCUT2D eigenvalue weighted by Crippen LogP contribution is 2.26. The van der Waals surface area contributed by atoms with Crippen LogP contribution in [0.1, 0.15) is 28.8 Å². The Balaban J connectivity index is 1.28. The molecule has 34 heavy (non-hydrogen) atoms. The number of nitrogens with zero attached hydrogens (tertiary/aromatic N) is 3. The highest BCUT2D eigenvalue weighted by Gasteiger charge is 2.15. The maximum Gasteiger partial charge on any atom is 0.251 e. The van der Waals surface area contributed by atoms with Crippen molar-refractivity contribution >= 4 is 23.2 Å². The Morgan fingerprint density at radius 2 is 1.91 bits per heavy atom. The molecule has 174 valence electrons.